The fourth-order valence-corrected chi connectivity index (χ4v) is 3.77. The quantitative estimate of drug-likeness (QED) is 0.717. The Morgan fingerprint density at radius 1 is 1.08 bits per heavy atom. The van der Waals surface area contributed by atoms with Crippen molar-refractivity contribution in [3.8, 4) is 11.5 Å². The fraction of sp³-hybridized carbons (Fsp3) is 0.316. The highest BCUT2D eigenvalue weighted by molar-refractivity contribution is 14.1. The number of ether oxygens (including phenoxy) is 2. The molecule has 0 saturated heterocycles. The van der Waals surface area contributed by atoms with Crippen LogP contribution in [0.5, 0.6) is 11.5 Å². The van der Waals surface area contributed by atoms with E-state index in [0.29, 0.717) is 17.1 Å². The van der Waals surface area contributed by atoms with Gasteiger partial charge in [0.2, 0.25) is 0 Å². The van der Waals surface area contributed by atoms with Gasteiger partial charge in [-0.1, -0.05) is 30.3 Å². The second kappa shape index (κ2) is 7.01. The molecule has 0 bridgehead atoms. The van der Waals surface area contributed by atoms with E-state index in [9.17, 15) is 4.79 Å². The van der Waals surface area contributed by atoms with Crippen molar-refractivity contribution in [2.45, 2.75) is 24.8 Å². The second-order valence-corrected chi connectivity index (χ2v) is 7.11. The first kappa shape index (κ1) is 17.1. The number of benzene rings is 2. The number of halogens is 1. The zero-order valence-electron chi connectivity index (χ0n) is 13.8. The monoisotopic (exact) mass is 437 g/mol. The molecule has 0 heterocycles. The van der Waals surface area contributed by atoms with Crippen LogP contribution in [0, 0.1) is 3.57 Å². The fourth-order valence-electron chi connectivity index (χ4n) is 3.09. The molecule has 0 aromatic heterocycles. The smallest absolute Gasteiger partial charge is 0.253 e. The summed E-state index contributed by atoms with van der Waals surface area (Å²) >= 11 is 2.16. The number of carbonyl (C=O) groups is 1. The summed E-state index contributed by atoms with van der Waals surface area (Å²) in [7, 11) is 3.16. The van der Waals surface area contributed by atoms with Gasteiger partial charge in [0, 0.05) is 3.57 Å². The second-order valence-electron chi connectivity index (χ2n) is 5.94. The third-order valence-electron chi connectivity index (χ3n) is 4.60. The Morgan fingerprint density at radius 2 is 1.71 bits per heavy atom. The van der Waals surface area contributed by atoms with E-state index in [4.69, 9.17) is 9.47 Å². The van der Waals surface area contributed by atoms with Gasteiger partial charge in [-0.15, -0.1) is 0 Å². The van der Waals surface area contributed by atoms with Crippen LogP contribution in [0.1, 0.15) is 35.2 Å². The van der Waals surface area contributed by atoms with Crippen molar-refractivity contribution in [1.82, 2.24) is 5.32 Å². The topological polar surface area (TPSA) is 47.6 Å². The average Bonchev–Trinajstić information content (AvgIpc) is 2.58. The Bertz CT molecular complexity index is 742. The molecule has 0 spiro atoms. The number of carbonyl (C=O) groups excluding carboxylic acids is 1. The van der Waals surface area contributed by atoms with Gasteiger partial charge in [0.1, 0.15) is 0 Å². The highest BCUT2D eigenvalue weighted by Crippen LogP contribution is 2.41. The zero-order valence-corrected chi connectivity index (χ0v) is 15.9. The number of methoxy groups -OCH3 is 2. The molecule has 1 fully saturated rings. The average molecular weight is 437 g/mol. The van der Waals surface area contributed by atoms with Crippen molar-refractivity contribution in [2.24, 2.45) is 0 Å². The van der Waals surface area contributed by atoms with E-state index in [1.165, 1.54) is 5.56 Å². The van der Waals surface area contributed by atoms with Crippen molar-refractivity contribution in [3.05, 3.63) is 57.2 Å². The SMILES string of the molecule is COc1cc(I)c(C(=O)NC2(c3ccccc3)CCC2)cc1OC. The summed E-state index contributed by atoms with van der Waals surface area (Å²) in [6.45, 7) is 0. The molecule has 4 nitrogen and oxygen atoms in total. The van der Waals surface area contributed by atoms with Crippen LogP contribution >= 0.6 is 22.6 Å². The molecule has 1 aliphatic rings. The van der Waals surface area contributed by atoms with E-state index in [2.05, 4.69) is 40.0 Å². The van der Waals surface area contributed by atoms with Gasteiger partial charge in [0.05, 0.1) is 25.3 Å². The van der Waals surface area contributed by atoms with Crippen LogP contribution in [0.15, 0.2) is 42.5 Å². The number of amides is 1. The van der Waals surface area contributed by atoms with E-state index in [1.807, 2.05) is 24.3 Å². The molecule has 1 aliphatic carbocycles. The summed E-state index contributed by atoms with van der Waals surface area (Å²) in [4.78, 5) is 12.9. The summed E-state index contributed by atoms with van der Waals surface area (Å²) in [6, 6.07) is 13.8. The molecule has 2 aromatic rings. The zero-order chi connectivity index (χ0) is 17.2. The Kier molecular flexibility index (Phi) is 4.99. The van der Waals surface area contributed by atoms with E-state index < -0.39 is 0 Å². The van der Waals surface area contributed by atoms with E-state index in [0.717, 1.165) is 22.8 Å². The molecule has 126 valence electrons. The van der Waals surface area contributed by atoms with Gasteiger partial charge < -0.3 is 14.8 Å². The molecule has 1 saturated carbocycles. The molecular formula is C19H20INO3. The predicted octanol–water partition coefficient (Wildman–Crippen LogP) is 4.12. The standard InChI is InChI=1S/C19H20INO3/c1-23-16-11-14(15(20)12-17(16)24-2)18(22)21-19(9-6-10-19)13-7-4-3-5-8-13/h3-5,7-8,11-12H,6,9-10H2,1-2H3,(H,21,22). The Balaban J connectivity index is 1.90. The third-order valence-corrected chi connectivity index (χ3v) is 5.50. The molecule has 1 N–H and O–H groups in total. The van der Waals surface area contributed by atoms with E-state index in [-0.39, 0.29) is 11.4 Å². The molecule has 0 radical (unpaired) electrons. The number of hydrogen-bond acceptors (Lipinski definition) is 3. The number of rotatable bonds is 5. The van der Waals surface area contributed by atoms with Crippen LogP contribution in [0.4, 0.5) is 0 Å². The van der Waals surface area contributed by atoms with Crippen molar-refractivity contribution < 1.29 is 14.3 Å². The molecule has 5 heteroatoms. The van der Waals surface area contributed by atoms with Gasteiger partial charge in [0.15, 0.2) is 11.5 Å². The van der Waals surface area contributed by atoms with Crippen LogP contribution in [0.3, 0.4) is 0 Å². The maximum Gasteiger partial charge on any atom is 0.253 e. The lowest BCUT2D eigenvalue weighted by Gasteiger charge is -2.43. The first-order valence-corrected chi connectivity index (χ1v) is 8.97. The lowest BCUT2D eigenvalue weighted by molar-refractivity contribution is 0.0822. The Labute approximate surface area is 155 Å². The minimum absolute atomic E-state index is 0.0797. The Hall–Kier alpha value is -1.76. The lowest BCUT2D eigenvalue weighted by Crippen LogP contribution is -2.50. The maximum atomic E-state index is 12.9. The van der Waals surface area contributed by atoms with Crippen LogP contribution in [-0.4, -0.2) is 20.1 Å². The van der Waals surface area contributed by atoms with Crippen molar-refractivity contribution in [3.63, 3.8) is 0 Å². The minimum Gasteiger partial charge on any atom is -0.493 e. The molecule has 2 aromatic carbocycles. The molecule has 1 amide bonds. The summed E-state index contributed by atoms with van der Waals surface area (Å²) < 4.78 is 11.5. The minimum atomic E-state index is -0.255. The highest BCUT2D eigenvalue weighted by Gasteiger charge is 2.40. The third kappa shape index (κ3) is 3.09. The molecule has 0 unspecified atom stereocenters. The molecular weight excluding hydrogens is 417 g/mol. The number of nitrogens with one attached hydrogen (secondary N) is 1. The van der Waals surface area contributed by atoms with Gasteiger partial charge in [0.25, 0.3) is 5.91 Å². The molecule has 0 aliphatic heterocycles. The normalized spacial score (nSPS) is 15.3. The summed E-state index contributed by atoms with van der Waals surface area (Å²) in [5.74, 6) is 1.11. The summed E-state index contributed by atoms with van der Waals surface area (Å²) in [5.41, 5.74) is 1.52. The van der Waals surface area contributed by atoms with Crippen molar-refractivity contribution in [2.75, 3.05) is 14.2 Å². The Morgan fingerprint density at radius 3 is 2.25 bits per heavy atom. The van der Waals surface area contributed by atoms with E-state index in [1.54, 1.807) is 20.3 Å². The largest absolute Gasteiger partial charge is 0.493 e. The van der Waals surface area contributed by atoms with Gasteiger partial charge >= 0.3 is 0 Å². The first-order chi connectivity index (χ1) is 11.6. The van der Waals surface area contributed by atoms with Crippen LogP contribution in [0.25, 0.3) is 0 Å². The van der Waals surface area contributed by atoms with Gasteiger partial charge in [-0.05, 0) is 59.5 Å². The summed E-state index contributed by atoms with van der Waals surface area (Å²) in [5, 5.41) is 3.25. The van der Waals surface area contributed by atoms with Crippen LogP contribution < -0.4 is 14.8 Å². The number of hydrogen-bond donors (Lipinski definition) is 1. The highest BCUT2D eigenvalue weighted by atomic mass is 127. The van der Waals surface area contributed by atoms with Gasteiger partial charge in [-0.3, -0.25) is 4.79 Å². The first-order valence-electron chi connectivity index (χ1n) is 7.89. The lowest BCUT2D eigenvalue weighted by atomic mass is 9.71. The maximum absolute atomic E-state index is 12.9. The molecule has 24 heavy (non-hydrogen) atoms. The van der Waals surface area contributed by atoms with Crippen LogP contribution in [-0.2, 0) is 5.54 Å². The van der Waals surface area contributed by atoms with Crippen molar-refractivity contribution in [1.29, 1.82) is 0 Å². The van der Waals surface area contributed by atoms with Gasteiger partial charge in [-0.25, -0.2) is 0 Å². The molecule has 0 atom stereocenters. The van der Waals surface area contributed by atoms with Crippen molar-refractivity contribution >= 4 is 28.5 Å². The van der Waals surface area contributed by atoms with Crippen LogP contribution in [0.2, 0.25) is 0 Å². The molecule has 3 rings (SSSR count). The summed E-state index contributed by atoms with van der Waals surface area (Å²) in [6.07, 6.45) is 3.05. The van der Waals surface area contributed by atoms with Gasteiger partial charge in [-0.2, -0.15) is 0 Å². The van der Waals surface area contributed by atoms with E-state index >= 15 is 0 Å². The predicted molar refractivity (Wildman–Crippen MR) is 102 cm³/mol.